The summed E-state index contributed by atoms with van der Waals surface area (Å²) in [6.07, 6.45) is 0.763. The van der Waals surface area contributed by atoms with Crippen molar-refractivity contribution in [2.45, 2.75) is 18.2 Å². The van der Waals surface area contributed by atoms with E-state index in [1.54, 1.807) is 24.3 Å². The third-order valence-corrected chi connectivity index (χ3v) is 5.34. The number of rotatable bonds is 4. The Morgan fingerprint density at radius 3 is 2.78 bits per heavy atom. The molecule has 0 unspecified atom stereocenters. The van der Waals surface area contributed by atoms with Crippen LogP contribution in [0, 0.1) is 0 Å². The molecule has 1 N–H and O–H groups in total. The van der Waals surface area contributed by atoms with Crippen molar-refractivity contribution < 1.29 is 13.2 Å². The predicted octanol–water partition coefficient (Wildman–Crippen LogP) is 2.88. The number of para-hydroxylation sites is 1. The number of benzene rings is 2. The minimum Gasteiger partial charge on any atom is -0.490 e. The van der Waals surface area contributed by atoms with Crippen LogP contribution in [0.4, 0.5) is 11.4 Å². The molecule has 2 aromatic rings. The molecular weight excluding hydrogens is 312 g/mol. The van der Waals surface area contributed by atoms with Crippen LogP contribution in [0.2, 0.25) is 0 Å². The fraction of sp³-hybridized carbons (Fsp3) is 0.294. The molecule has 23 heavy (non-hydrogen) atoms. The van der Waals surface area contributed by atoms with E-state index in [9.17, 15) is 8.42 Å². The van der Waals surface area contributed by atoms with Crippen LogP contribution in [0.15, 0.2) is 47.4 Å². The average molecular weight is 332 g/mol. The molecule has 0 fully saturated rings. The molecule has 0 amide bonds. The summed E-state index contributed by atoms with van der Waals surface area (Å²) in [4.78, 5) is 2.23. The standard InChI is InChI=1S/C17H20N2O3S/c1-3-13-6-4-5-7-15(13)18-23(20,21)14-8-9-17-16(12-14)19(2)10-11-22-17/h4-9,12,18H,3,10-11H2,1-2H3. The van der Waals surface area contributed by atoms with Gasteiger partial charge < -0.3 is 9.64 Å². The second-order valence-electron chi connectivity index (χ2n) is 5.52. The maximum atomic E-state index is 12.7. The van der Waals surface area contributed by atoms with E-state index in [1.807, 2.05) is 37.1 Å². The zero-order chi connectivity index (χ0) is 16.4. The monoisotopic (exact) mass is 332 g/mol. The summed E-state index contributed by atoms with van der Waals surface area (Å²) in [6, 6.07) is 12.4. The molecule has 1 aliphatic heterocycles. The van der Waals surface area contributed by atoms with Crippen LogP contribution in [0.5, 0.6) is 5.75 Å². The molecule has 1 aliphatic rings. The first kappa shape index (κ1) is 15.7. The Morgan fingerprint density at radius 1 is 1.22 bits per heavy atom. The van der Waals surface area contributed by atoms with Gasteiger partial charge in [-0.2, -0.15) is 0 Å². The number of fused-ring (bicyclic) bond motifs is 1. The minimum atomic E-state index is -3.64. The maximum Gasteiger partial charge on any atom is 0.261 e. The molecule has 5 nitrogen and oxygen atoms in total. The zero-order valence-corrected chi connectivity index (χ0v) is 14.1. The zero-order valence-electron chi connectivity index (χ0n) is 13.2. The largest absolute Gasteiger partial charge is 0.490 e. The van der Waals surface area contributed by atoms with Crippen molar-refractivity contribution >= 4 is 21.4 Å². The lowest BCUT2D eigenvalue weighted by molar-refractivity contribution is 0.311. The molecule has 1 heterocycles. The van der Waals surface area contributed by atoms with Crippen LogP contribution in [-0.2, 0) is 16.4 Å². The van der Waals surface area contributed by atoms with E-state index in [0.717, 1.165) is 24.2 Å². The summed E-state index contributed by atoms with van der Waals surface area (Å²) in [6.45, 7) is 3.35. The number of nitrogens with zero attached hydrogens (tertiary/aromatic N) is 1. The van der Waals surface area contributed by atoms with Gasteiger partial charge in [0.1, 0.15) is 12.4 Å². The van der Waals surface area contributed by atoms with Crippen molar-refractivity contribution in [1.82, 2.24) is 0 Å². The molecule has 3 rings (SSSR count). The Labute approximate surface area is 136 Å². The fourth-order valence-electron chi connectivity index (χ4n) is 2.63. The highest BCUT2D eigenvalue weighted by Crippen LogP contribution is 2.33. The van der Waals surface area contributed by atoms with Crippen LogP contribution < -0.4 is 14.4 Å². The highest BCUT2D eigenvalue weighted by Gasteiger charge is 2.21. The molecule has 122 valence electrons. The van der Waals surface area contributed by atoms with E-state index in [-0.39, 0.29) is 4.90 Å². The van der Waals surface area contributed by atoms with E-state index < -0.39 is 10.0 Å². The Kier molecular flexibility index (Phi) is 4.17. The van der Waals surface area contributed by atoms with Gasteiger partial charge >= 0.3 is 0 Å². The van der Waals surface area contributed by atoms with Gasteiger partial charge in [-0.1, -0.05) is 25.1 Å². The van der Waals surface area contributed by atoms with E-state index in [4.69, 9.17) is 4.74 Å². The molecule has 0 saturated carbocycles. The van der Waals surface area contributed by atoms with Crippen LogP contribution in [0.3, 0.4) is 0 Å². The lowest BCUT2D eigenvalue weighted by Crippen LogP contribution is -2.29. The molecule has 0 radical (unpaired) electrons. The number of aryl methyl sites for hydroxylation is 1. The number of sulfonamides is 1. The third kappa shape index (κ3) is 3.12. The topological polar surface area (TPSA) is 58.6 Å². The highest BCUT2D eigenvalue weighted by molar-refractivity contribution is 7.92. The summed E-state index contributed by atoms with van der Waals surface area (Å²) in [5, 5.41) is 0. The van der Waals surface area contributed by atoms with Gasteiger partial charge in [0.15, 0.2) is 0 Å². The van der Waals surface area contributed by atoms with Crippen LogP contribution in [-0.4, -0.2) is 28.6 Å². The summed E-state index contributed by atoms with van der Waals surface area (Å²) in [5.41, 5.74) is 2.38. The van der Waals surface area contributed by atoms with E-state index >= 15 is 0 Å². The lowest BCUT2D eigenvalue weighted by atomic mass is 10.1. The van der Waals surface area contributed by atoms with Crippen molar-refractivity contribution in [3.63, 3.8) is 0 Å². The smallest absolute Gasteiger partial charge is 0.261 e. The summed E-state index contributed by atoms with van der Waals surface area (Å²) < 4.78 is 33.6. The van der Waals surface area contributed by atoms with E-state index in [0.29, 0.717) is 18.0 Å². The summed E-state index contributed by atoms with van der Waals surface area (Å²) >= 11 is 0. The lowest BCUT2D eigenvalue weighted by Gasteiger charge is -2.28. The normalized spacial score (nSPS) is 14.1. The number of hydrogen-bond acceptors (Lipinski definition) is 4. The number of likely N-dealkylation sites (N-methyl/N-ethyl adjacent to an activating group) is 1. The van der Waals surface area contributed by atoms with Crippen molar-refractivity contribution in [2.75, 3.05) is 29.8 Å². The number of hydrogen-bond donors (Lipinski definition) is 1. The number of anilines is 2. The van der Waals surface area contributed by atoms with Crippen molar-refractivity contribution in [2.24, 2.45) is 0 Å². The van der Waals surface area contributed by atoms with Crippen LogP contribution in [0.25, 0.3) is 0 Å². The van der Waals surface area contributed by atoms with Crippen LogP contribution in [0.1, 0.15) is 12.5 Å². The Hall–Kier alpha value is -2.21. The SMILES string of the molecule is CCc1ccccc1NS(=O)(=O)c1ccc2c(c1)N(C)CCO2. The van der Waals surface area contributed by atoms with Gasteiger partial charge in [0, 0.05) is 7.05 Å². The van der Waals surface area contributed by atoms with Gasteiger partial charge in [0.2, 0.25) is 0 Å². The molecule has 0 aromatic heterocycles. The van der Waals surface area contributed by atoms with Crippen molar-refractivity contribution in [3.05, 3.63) is 48.0 Å². The predicted molar refractivity (Wildman–Crippen MR) is 91.8 cm³/mol. The molecule has 0 bridgehead atoms. The fourth-order valence-corrected chi connectivity index (χ4v) is 3.75. The highest BCUT2D eigenvalue weighted by atomic mass is 32.2. The molecule has 6 heteroatoms. The summed E-state index contributed by atoms with van der Waals surface area (Å²) in [7, 11) is -1.71. The second-order valence-corrected chi connectivity index (χ2v) is 7.20. The first-order valence-corrected chi connectivity index (χ1v) is 9.08. The van der Waals surface area contributed by atoms with Gasteiger partial charge in [-0.3, -0.25) is 4.72 Å². The Balaban J connectivity index is 1.95. The van der Waals surface area contributed by atoms with Crippen LogP contribution >= 0.6 is 0 Å². The van der Waals surface area contributed by atoms with E-state index in [2.05, 4.69) is 4.72 Å². The molecule has 0 atom stereocenters. The second kappa shape index (κ2) is 6.12. The summed E-state index contributed by atoms with van der Waals surface area (Å²) in [5.74, 6) is 0.714. The van der Waals surface area contributed by atoms with Gasteiger partial charge in [0.05, 0.1) is 22.8 Å². The Morgan fingerprint density at radius 2 is 2.00 bits per heavy atom. The quantitative estimate of drug-likeness (QED) is 0.935. The van der Waals surface area contributed by atoms with Gasteiger partial charge in [-0.25, -0.2) is 8.42 Å². The molecule has 0 saturated heterocycles. The maximum absolute atomic E-state index is 12.7. The van der Waals surface area contributed by atoms with Crippen molar-refractivity contribution in [3.8, 4) is 5.75 Å². The molecule has 0 spiro atoms. The number of nitrogens with one attached hydrogen (secondary N) is 1. The minimum absolute atomic E-state index is 0.236. The molecule has 0 aliphatic carbocycles. The third-order valence-electron chi connectivity index (χ3n) is 3.98. The molecule has 2 aromatic carbocycles. The van der Waals surface area contributed by atoms with Crippen molar-refractivity contribution in [1.29, 1.82) is 0 Å². The van der Waals surface area contributed by atoms with Gasteiger partial charge in [-0.05, 0) is 36.2 Å². The first-order valence-electron chi connectivity index (χ1n) is 7.60. The number of ether oxygens (including phenoxy) is 1. The van der Waals surface area contributed by atoms with Gasteiger partial charge in [-0.15, -0.1) is 0 Å². The Bertz CT molecular complexity index is 818. The molecular formula is C17H20N2O3S. The van der Waals surface area contributed by atoms with Gasteiger partial charge in [0.25, 0.3) is 10.0 Å². The van der Waals surface area contributed by atoms with E-state index in [1.165, 1.54) is 0 Å². The first-order chi connectivity index (χ1) is 11.0. The average Bonchev–Trinajstić information content (AvgIpc) is 2.55.